The zero-order valence-corrected chi connectivity index (χ0v) is 10.7. The van der Waals surface area contributed by atoms with Gasteiger partial charge in [0.15, 0.2) is 0 Å². The van der Waals surface area contributed by atoms with Crippen molar-refractivity contribution in [3.63, 3.8) is 0 Å². The van der Waals surface area contributed by atoms with Crippen LogP contribution in [0.2, 0.25) is 0 Å². The molecule has 3 N–H and O–H groups in total. The molecule has 0 saturated heterocycles. The number of rotatable bonds is 5. The molecule has 1 aromatic carbocycles. The van der Waals surface area contributed by atoms with E-state index in [1.165, 1.54) is 0 Å². The molecule has 0 aliphatic rings. The summed E-state index contributed by atoms with van der Waals surface area (Å²) in [6.45, 7) is 3.80. The maximum Gasteiger partial charge on any atom is 0.292 e. The molecular formula is C12H16FN3O3. The van der Waals surface area contributed by atoms with Crippen LogP contribution in [-0.4, -0.2) is 16.9 Å². The molecular weight excluding hydrogens is 253 g/mol. The number of nitro groups is 1. The number of hydrogen-bond acceptors (Lipinski definition) is 4. The highest BCUT2D eigenvalue weighted by Crippen LogP contribution is 2.25. The molecule has 0 radical (unpaired) electrons. The molecule has 1 unspecified atom stereocenters. The summed E-state index contributed by atoms with van der Waals surface area (Å²) < 4.78 is 13.1. The zero-order valence-electron chi connectivity index (χ0n) is 10.7. The van der Waals surface area contributed by atoms with Crippen LogP contribution in [-0.2, 0) is 4.79 Å². The van der Waals surface area contributed by atoms with Crippen LogP contribution in [0.25, 0.3) is 0 Å². The van der Waals surface area contributed by atoms with E-state index in [1.807, 2.05) is 13.8 Å². The SMILES string of the molecule is CC(C)CC(N)C(=O)Nc1cc(F)ccc1[N+](=O)[O-]. The third-order valence-corrected chi connectivity index (χ3v) is 2.48. The highest BCUT2D eigenvalue weighted by Gasteiger charge is 2.20. The first-order chi connectivity index (χ1) is 8.81. The van der Waals surface area contributed by atoms with Crippen LogP contribution in [0.3, 0.4) is 0 Å². The van der Waals surface area contributed by atoms with Gasteiger partial charge >= 0.3 is 0 Å². The number of nitro benzene ring substituents is 1. The number of nitrogens with one attached hydrogen (secondary N) is 1. The van der Waals surface area contributed by atoms with E-state index in [9.17, 15) is 19.3 Å². The minimum Gasteiger partial charge on any atom is -0.320 e. The van der Waals surface area contributed by atoms with E-state index in [-0.39, 0.29) is 17.3 Å². The Hall–Kier alpha value is -2.02. The number of hydrogen-bond donors (Lipinski definition) is 2. The summed E-state index contributed by atoms with van der Waals surface area (Å²) in [4.78, 5) is 21.8. The quantitative estimate of drug-likeness (QED) is 0.631. The minimum atomic E-state index is -0.789. The van der Waals surface area contributed by atoms with Crippen molar-refractivity contribution in [3.8, 4) is 0 Å². The van der Waals surface area contributed by atoms with Gasteiger partial charge in [0.2, 0.25) is 5.91 Å². The molecule has 0 heterocycles. The second kappa shape index (κ2) is 6.24. The maximum atomic E-state index is 13.1. The standard InChI is InChI=1S/C12H16FN3O3/c1-7(2)5-9(14)12(17)15-10-6-8(13)3-4-11(10)16(18)19/h3-4,6-7,9H,5,14H2,1-2H3,(H,15,17). The van der Waals surface area contributed by atoms with E-state index in [1.54, 1.807) is 0 Å². The summed E-state index contributed by atoms with van der Waals surface area (Å²) in [5.41, 5.74) is 5.10. The molecule has 0 aliphatic heterocycles. The molecule has 1 atom stereocenters. The molecule has 19 heavy (non-hydrogen) atoms. The largest absolute Gasteiger partial charge is 0.320 e. The summed E-state index contributed by atoms with van der Waals surface area (Å²) in [7, 11) is 0. The second-order valence-corrected chi connectivity index (χ2v) is 4.64. The summed E-state index contributed by atoms with van der Waals surface area (Å²) in [6.07, 6.45) is 0.439. The predicted molar refractivity (Wildman–Crippen MR) is 69.1 cm³/mol. The van der Waals surface area contributed by atoms with Crippen LogP contribution in [0.4, 0.5) is 15.8 Å². The molecule has 0 saturated carbocycles. The predicted octanol–water partition coefficient (Wildman–Crippen LogP) is 2.05. The molecule has 0 spiro atoms. The van der Waals surface area contributed by atoms with Crippen molar-refractivity contribution in [3.05, 3.63) is 34.1 Å². The highest BCUT2D eigenvalue weighted by atomic mass is 19.1. The third kappa shape index (κ3) is 4.29. The van der Waals surface area contributed by atoms with Gasteiger partial charge < -0.3 is 11.1 Å². The van der Waals surface area contributed by atoms with Gasteiger partial charge in [0, 0.05) is 12.1 Å². The van der Waals surface area contributed by atoms with Gasteiger partial charge in [-0.1, -0.05) is 13.8 Å². The molecule has 0 fully saturated rings. The normalized spacial score (nSPS) is 12.3. The number of nitrogens with two attached hydrogens (primary N) is 1. The molecule has 0 bridgehead atoms. The number of nitrogens with zero attached hydrogens (tertiary/aromatic N) is 1. The van der Waals surface area contributed by atoms with Gasteiger partial charge in [-0.15, -0.1) is 0 Å². The summed E-state index contributed by atoms with van der Waals surface area (Å²) in [5, 5.41) is 13.1. The van der Waals surface area contributed by atoms with E-state index in [2.05, 4.69) is 5.32 Å². The number of carbonyl (C=O) groups excluding carboxylic acids is 1. The molecule has 7 heteroatoms. The van der Waals surface area contributed by atoms with Gasteiger partial charge in [-0.3, -0.25) is 14.9 Å². The smallest absolute Gasteiger partial charge is 0.292 e. The van der Waals surface area contributed by atoms with Crippen molar-refractivity contribution in [2.24, 2.45) is 11.7 Å². The van der Waals surface area contributed by atoms with Gasteiger partial charge in [-0.05, 0) is 18.4 Å². The Bertz CT molecular complexity index is 491. The van der Waals surface area contributed by atoms with Crippen LogP contribution in [0.15, 0.2) is 18.2 Å². The van der Waals surface area contributed by atoms with Crippen molar-refractivity contribution in [1.82, 2.24) is 0 Å². The summed E-state index contributed by atoms with van der Waals surface area (Å²) in [5.74, 6) is -1.02. The van der Waals surface area contributed by atoms with Gasteiger partial charge in [0.05, 0.1) is 11.0 Å². The van der Waals surface area contributed by atoms with Crippen molar-refractivity contribution in [2.45, 2.75) is 26.3 Å². The first-order valence-corrected chi connectivity index (χ1v) is 5.81. The summed E-state index contributed by atoms with van der Waals surface area (Å²) in [6, 6.07) is 2.07. The molecule has 1 rings (SSSR count). The Morgan fingerprint density at radius 3 is 2.68 bits per heavy atom. The van der Waals surface area contributed by atoms with Crippen LogP contribution >= 0.6 is 0 Å². The fraction of sp³-hybridized carbons (Fsp3) is 0.417. The van der Waals surface area contributed by atoms with Gasteiger partial charge in [0.25, 0.3) is 5.69 Å². The van der Waals surface area contributed by atoms with E-state index < -0.39 is 22.7 Å². The molecule has 0 aliphatic carbocycles. The lowest BCUT2D eigenvalue weighted by molar-refractivity contribution is -0.384. The molecule has 1 amide bonds. The van der Waals surface area contributed by atoms with E-state index >= 15 is 0 Å². The topological polar surface area (TPSA) is 98.3 Å². The molecule has 0 aromatic heterocycles. The zero-order chi connectivity index (χ0) is 14.6. The van der Waals surface area contributed by atoms with Crippen LogP contribution in [0.5, 0.6) is 0 Å². The van der Waals surface area contributed by atoms with E-state index in [4.69, 9.17) is 5.73 Å². The highest BCUT2D eigenvalue weighted by molar-refractivity contribution is 5.96. The van der Waals surface area contributed by atoms with Crippen LogP contribution in [0, 0.1) is 21.8 Å². The van der Waals surface area contributed by atoms with Gasteiger partial charge in [-0.2, -0.15) is 0 Å². The molecule has 1 aromatic rings. The number of benzene rings is 1. The number of anilines is 1. The first kappa shape index (κ1) is 15.0. The Morgan fingerprint density at radius 1 is 1.53 bits per heavy atom. The van der Waals surface area contributed by atoms with Crippen LogP contribution < -0.4 is 11.1 Å². The third-order valence-electron chi connectivity index (χ3n) is 2.48. The average molecular weight is 269 g/mol. The Balaban J connectivity index is 2.89. The minimum absolute atomic E-state index is 0.186. The Labute approximate surface area is 109 Å². The fourth-order valence-electron chi connectivity index (χ4n) is 1.61. The number of carbonyl (C=O) groups is 1. The molecule has 104 valence electrons. The van der Waals surface area contributed by atoms with Crippen molar-refractivity contribution >= 4 is 17.3 Å². The number of halogens is 1. The lowest BCUT2D eigenvalue weighted by atomic mass is 10.0. The maximum absolute atomic E-state index is 13.1. The van der Waals surface area contributed by atoms with E-state index in [0.29, 0.717) is 6.42 Å². The van der Waals surface area contributed by atoms with Crippen molar-refractivity contribution in [2.75, 3.05) is 5.32 Å². The number of amides is 1. The fourth-order valence-corrected chi connectivity index (χ4v) is 1.61. The Morgan fingerprint density at radius 2 is 2.16 bits per heavy atom. The van der Waals surface area contributed by atoms with Crippen molar-refractivity contribution < 1.29 is 14.1 Å². The lowest BCUT2D eigenvalue weighted by Crippen LogP contribution is -2.36. The Kier molecular flexibility index (Phi) is 4.94. The molecule has 6 nitrogen and oxygen atoms in total. The van der Waals surface area contributed by atoms with Crippen molar-refractivity contribution in [1.29, 1.82) is 0 Å². The summed E-state index contributed by atoms with van der Waals surface area (Å²) >= 11 is 0. The van der Waals surface area contributed by atoms with Gasteiger partial charge in [0.1, 0.15) is 11.5 Å². The first-order valence-electron chi connectivity index (χ1n) is 5.81. The lowest BCUT2D eigenvalue weighted by Gasteiger charge is -2.14. The second-order valence-electron chi connectivity index (χ2n) is 4.64. The average Bonchev–Trinajstić information content (AvgIpc) is 2.27. The van der Waals surface area contributed by atoms with Crippen LogP contribution in [0.1, 0.15) is 20.3 Å². The van der Waals surface area contributed by atoms with Gasteiger partial charge in [-0.25, -0.2) is 4.39 Å². The van der Waals surface area contributed by atoms with E-state index in [0.717, 1.165) is 18.2 Å². The monoisotopic (exact) mass is 269 g/mol.